The van der Waals surface area contributed by atoms with E-state index in [1.165, 1.54) is 5.56 Å². The molecule has 4 N–H and O–H groups in total. The van der Waals surface area contributed by atoms with Crippen molar-refractivity contribution in [2.24, 2.45) is 16.6 Å². The Balaban J connectivity index is 0.00000363. The molecule has 1 aromatic heterocycles. The minimum atomic E-state index is -0.203. The number of carbonyl (C=O) groups is 1. The molecule has 3 rings (SSSR count). The Morgan fingerprint density at radius 1 is 1.22 bits per heavy atom. The average Bonchev–Trinajstić information content (AvgIpc) is 2.79. The van der Waals surface area contributed by atoms with Crippen molar-refractivity contribution in [1.82, 2.24) is 15.6 Å². The van der Waals surface area contributed by atoms with Crippen molar-refractivity contribution in [1.29, 1.82) is 0 Å². The number of aromatic nitrogens is 1. The van der Waals surface area contributed by atoms with Crippen LogP contribution in [0.5, 0.6) is 0 Å². The smallest absolute Gasteiger partial charge is 0.220 e. The lowest BCUT2D eigenvalue weighted by molar-refractivity contribution is -0.122. The number of anilines is 1. The zero-order chi connectivity index (χ0) is 22.1. The summed E-state index contributed by atoms with van der Waals surface area (Å²) < 4.78 is 0. The largest absolute Gasteiger partial charge is 0.369 e. The molecule has 0 aliphatic carbocycles. The summed E-state index contributed by atoms with van der Waals surface area (Å²) in [4.78, 5) is 23.0. The van der Waals surface area contributed by atoms with Crippen molar-refractivity contribution in [2.75, 3.05) is 31.1 Å². The number of hydrogen-bond acceptors (Lipinski definition) is 4. The number of benzene rings is 1. The van der Waals surface area contributed by atoms with Crippen LogP contribution in [0, 0.1) is 5.92 Å². The molecular weight excluding hydrogens is 539 g/mol. The fraction of sp³-hybridized carbons (Fsp3) is 0.435. The number of halogens is 2. The van der Waals surface area contributed by atoms with Crippen LogP contribution < -0.4 is 21.3 Å². The number of nitrogens with two attached hydrogens (primary N) is 1. The van der Waals surface area contributed by atoms with Crippen LogP contribution in [0.3, 0.4) is 0 Å². The molecule has 1 aromatic carbocycles. The van der Waals surface area contributed by atoms with Gasteiger partial charge >= 0.3 is 0 Å². The van der Waals surface area contributed by atoms with Gasteiger partial charge in [-0.15, -0.1) is 24.0 Å². The number of carbonyl (C=O) groups excluding carboxylic acids is 1. The highest BCUT2D eigenvalue weighted by Crippen LogP contribution is 2.24. The van der Waals surface area contributed by atoms with Gasteiger partial charge in [0, 0.05) is 48.9 Å². The third-order valence-corrected chi connectivity index (χ3v) is 5.69. The highest BCUT2D eigenvalue weighted by molar-refractivity contribution is 14.0. The SMILES string of the molecule is CCNC(=NCc1cccnc1N1CCC(C(N)=O)CC1)NCCc1ccc(Cl)cc1.I. The third kappa shape index (κ3) is 7.81. The van der Waals surface area contributed by atoms with Crippen LogP contribution in [0.25, 0.3) is 0 Å². The van der Waals surface area contributed by atoms with E-state index in [2.05, 4.69) is 33.5 Å². The van der Waals surface area contributed by atoms with Crippen LogP contribution in [-0.4, -0.2) is 43.0 Å². The van der Waals surface area contributed by atoms with E-state index in [0.717, 1.165) is 67.8 Å². The Morgan fingerprint density at radius 3 is 2.59 bits per heavy atom. The molecule has 1 aliphatic heterocycles. The summed E-state index contributed by atoms with van der Waals surface area (Å²) in [6.45, 7) is 5.69. The summed E-state index contributed by atoms with van der Waals surface area (Å²) in [6, 6.07) is 11.9. The number of rotatable bonds is 8. The lowest BCUT2D eigenvalue weighted by atomic mass is 9.96. The number of hydrogen-bond donors (Lipinski definition) is 3. The zero-order valence-electron chi connectivity index (χ0n) is 18.4. The van der Waals surface area contributed by atoms with Crippen LogP contribution in [0.4, 0.5) is 5.82 Å². The predicted octanol–water partition coefficient (Wildman–Crippen LogP) is 3.35. The van der Waals surface area contributed by atoms with E-state index in [4.69, 9.17) is 22.3 Å². The van der Waals surface area contributed by atoms with Gasteiger partial charge in [0.05, 0.1) is 6.54 Å². The number of nitrogens with one attached hydrogen (secondary N) is 2. The molecule has 2 aromatic rings. The van der Waals surface area contributed by atoms with E-state index in [1.54, 1.807) is 6.20 Å². The topological polar surface area (TPSA) is 95.6 Å². The normalized spacial score (nSPS) is 14.6. The first-order valence-corrected chi connectivity index (χ1v) is 11.2. The molecule has 32 heavy (non-hydrogen) atoms. The lowest BCUT2D eigenvalue weighted by Crippen LogP contribution is -2.39. The Morgan fingerprint density at radius 2 is 1.94 bits per heavy atom. The standard InChI is InChI=1S/C23H31ClN6O.HI/c1-2-26-23(28-13-9-17-5-7-20(24)8-6-17)29-16-19-4-3-12-27-22(19)30-14-10-18(11-15-30)21(25)31;/h3-8,12,18H,2,9-11,13-16H2,1H3,(H2,25,31)(H2,26,28,29);1H. The number of aliphatic imine (C=N–C) groups is 1. The van der Waals surface area contributed by atoms with Crippen molar-refractivity contribution in [3.63, 3.8) is 0 Å². The molecule has 0 bridgehead atoms. The van der Waals surface area contributed by atoms with Crippen LogP contribution in [0.1, 0.15) is 30.9 Å². The van der Waals surface area contributed by atoms with Crippen molar-refractivity contribution in [3.8, 4) is 0 Å². The van der Waals surface area contributed by atoms with E-state index in [9.17, 15) is 4.79 Å². The number of nitrogens with zero attached hydrogens (tertiary/aromatic N) is 3. The van der Waals surface area contributed by atoms with Gasteiger partial charge in [0.2, 0.25) is 5.91 Å². The van der Waals surface area contributed by atoms with Gasteiger partial charge in [0.15, 0.2) is 5.96 Å². The number of piperidine rings is 1. The zero-order valence-corrected chi connectivity index (χ0v) is 21.5. The Kier molecular flexibility index (Phi) is 11.0. The van der Waals surface area contributed by atoms with E-state index in [1.807, 2.05) is 30.3 Å². The van der Waals surface area contributed by atoms with Crippen LogP contribution in [0.2, 0.25) is 5.02 Å². The molecule has 0 unspecified atom stereocenters. The lowest BCUT2D eigenvalue weighted by Gasteiger charge is -2.32. The number of pyridine rings is 1. The van der Waals surface area contributed by atoms with Crippen molar-refractivity contribution in [3.05, 3.63) is 58.7 Å². The van der Waals surface area contributed by atoms with Gasteiger partial charge in [-0.05, 0) is 49.9 Å². The summed E-state index contributed by atoms with van der Waals surface area (Å²) in [5.74, 6) is 1.47. The average molecular weight is 571 g/mol. The van der Waals surface area contributed by atoms with Crippen molar-refractivity contribution in [2.45, 2.75) is 32.7 Å². The first-order chi connectivity index (χ1) is 15.1. The van der Waals surface area contributed by atoms with Gasteiger partial charge in [-0.2, -0.15) is 0 Å². The summed E-state index contributed by atoms with van der Waals surface area (Å²) in [5, 5.41) is 7.44. The maximum atomic E-state index is 11.4. The number of primary amides is 1. The quantitative estimate of drug-likeness (QED) is 0.257. The number of guanidine groups is 1. The molecular formula is C23H32ClIN6O. The molecule has 1 fully saturated rings. The Bertz CT molecular complexity index is 884. The summed E-state index contributed by atoms with van der Waals surface area (Å²) in [5.41, 5.74) is 7.75. The first kappa shape index (κ1) is 26.2. The van der Waals surface area contributed by atoms with Gasteiger partial charge in [-0.25, -0.2) is 9.98 Å². The molecule has 7 nitrogen and oxygen atoms in total. The molecule has 1 saturated heterocycles. The third-order valence-electron chi connectivity index (χ3n) is 5.44. The van der Waals surface area contributed by atoms with Crippen LogP contribution in [0.15, 0.2) is 47.6 Å². The van der Waals surface area contributed by atoms with Gasteiger partial charge in [0.1, 0.15) is 5.82 Å². The van der Waals surface area contributed by atoms with Crippen molar-refractivity contribution < 1.29 is 4.79 Å². The van der Waals surface area contributed by atoms with Crippen LogP contribution >= 0.6 is 35.6 Å². The molecule has 2 heterocycles. The Labute approximate surface area is 212 Å². The second-order valence-corrected chi connectivity index (χ2v) is 8.08. The van der Waals surface area contributed by atoms with Crippen LogP contribution in [-0.2, 0) is 17.8 Å². The molecule has 1 amide bonds. The van der Waals surface area contributed by atoms with E-state index in [0.29, 0.717) is 6.54 Å². The maximum Gasteiger partial charge on any atom is 0.220 e. The fourth-order valence-corrected chi connectivity index (χ4v) is 3.82. The minimum absolute atomic E-state index is 0. The molecule has 0 atom stereocenters. The van der Waals surface area contributed by atoms with Gasteiger partial charge < -0.3 is 21.3 Å². The highest BCUT2D eigenvalue weighted by Gasteiger charge is 2.24. The van der Waals surface area contributed by atoms with E-state index >= 15 is 0 Å². The predicted molar refractivity (Wildman–Crippen MR) is 142 cm³/mol. The summed E-state index contributed by atoms with van der Waals surface area (Å²) in [7, 11) is 0. The minimum Gasteiger partial charge on any atom is -0.369 e. The second-order valence-electron chi connectivity index (χ2n) is 7.65. The monoisotopic (exact) mass is 570 g/mol. The van der Waals surface area contributed by atoms with E-state index < -0.39 is 0 Å². The van der Waals surface area contributed by atoms with Crippen molar-refractivity contribution >= 4 is 53.3 Å². The molecule has 9 heteroatoms. The molecule has 0 spiro atoms. The Hall–Kier alpha value is -2.07. The molecule has 1 aliphatic rings. The van der Waals surface area contributed by atoms with Gasteiger partial charge in [-0.1, -0.05) is 29.8 Å². The number of amides is 1. The first-order valence-electron chi connectivity index (χ1n) is 10.8. The molecule has 174 valence electrons. The highest BCUT2D eigenvalue weighted by atomic mass is 127. The van der Waals surface area contributed by atoms with E-state index in [-0.39, 0.29) is 35.8 Å². The summed E-state index contributed by atoms with van der Waals surface area (Å²) in [6.07, 6.45) is 4.22. The fourth-order valence-electron chi connectivity index (χ4n) is 3.70. The second kappa shape index (κ2) is 13.5. The summed E-state index contributed by atoms with van der Waals surface area (Å²) >= 11 is 5.95. The van der Waals surface area contributed by atoms with Gasteiger partial charge in [0.25, 0.3) is 0 Å². The molecule has 0 radical (unpaired) electrons. The maximum absolute atomic E-state index is 11.4. The van der Waals surface area contributed by atoms with Gasteiger partial charge in [-0.3, -0.25) is 4.79 Å². The molecule has 0 saturated carbocycles.